The minimum atomic E-state index is -0.182. The fraction of sp³-hybridized carbons (Fsp3) is 0.526. The van der Waals surface area contributed by atoms with Crippen LogP contribution in [-0.4, -0.2) is 34.6 Å². The van der Waals surface area contributed by atoms with Crippen LogP contribution in [0.2, 0.25) is 0 Å². The van der Waals surface area contributed by atoms with E-state index >= 15 is 0 Å². The van der Waals surface area contributed by atoms with Crippen LogP contribution in [-0.2, 0) is 20.9 Å². The van der Waals surface area contributed by atoms with Gasteiger partial charge in [-0.2, -0.15) is 0 Å². The van der Waals surface area contributed by atoms with Crippen molar-refractivity contribution in [3.05, 3.63) is 30.6 Å². The molecule has 0 radical (unpaired) electrons. The van der Waals surface area contributed by atoms with Gasteiger partial charge < -0.3 is 14.6 Å². The van der Waals surface area contributed by atoms with Gasteiger partial charge >= 0.3 is 5.97 Å². The van der Waals surface area contributed by atoms with E-state index in [4.69, 9.17) is 4.74 Å². The molecule has 6 heteroatoms. The zero-order valence-electron chi connectivity index (χ0n) is 14.4. The number of amides is 1. The molecule has 25 heavy (non-hydrogen) atoms. The lowest BCUT2D eigenvalue weighted by molar-refractivity contribution is -0.148. The zero-order chi connectivity index (χ0) is 17.4. The number of carbonyl (C=O) groups excluding carboxylic acids is 2. The summed E-state index contributed by atoms with van der Waals surface area (Å²) in [7, 11) is 1.43. The monoisotopic (exact) mass is 341 g/mol. The predicted molar refractivity (Wildman–Crippen MR) is 92.6 cm³/mol. The molecular formula is C19H23N3O3. The Bertz CT molecular complexity index is 800. The molecule has 0 spiro atoms. The summed E-state index contributed by atoms with van der Waals surface area (Å²) in [6.07, 6.45) is 5.33. The highest BCUT2D eigenvalue weighted by atomic mass is 16.5. The van der Waals surface area contributed by atoms with E-state index in [0.717, 1.165) is 30.3 Å². The van der Waals surface area contributed by atoms with E-state index in [0.29, 0.717) is 24.8 Å². The van der Waals surface area contributed by atoms with Crippen LogP contribution in [0.4, 0.5) is 0 Å². The first kappa shape index (κ1) is 16.1. The van der Waals surface area contributed by atoms with Gasteiger partial charge in [-0.05, 0) is 43.2 Å². The number of methoxy groups -OCH3 is 1. The number of ether oxygens (including phenoxy) is 1. The lowest BCUT2D eigenvalue weighted by Gasteiger charge is -2.29. The lowest BCUT2D eigenvalue weighted by atomic mass is 9.84. The van der Waals surface area contributed by atoms with Crippen molar-refractivity contribution >= 4 is 22.9 Å². The highest BCUT2D eigenvalue weighted by Gasteiger charge is 2.51. The van der Waals surface area contributed by atoms with Crippen LogP contribution in [0.3, 0.4) is 0 Å². The molecule has 4 atom stereocenters. The molecule has 1 aromatic carbocycles. The van der Waals surface area contributed by atoms with E-state index in [-0.39, 0.29) is 23.8 Å². The van der Waals surface area contributed by atoms with Gasteiger partial charge in [-0.3, -0.25) is 9.59 Å². The first-order chi connectivity index (χ1) is 12.2. The van der Waals surface area contributed by atoms with Crippen molar-refractivity contribution < 1.29 is 14.3 Å². The summed E-state index contributed by atoms with van der Waals surface area (Å²) in [5.41, 5.74) is 1.96. The fourth-order valence-electron chi connectivity index (χ4n) is 4.64. The molecule has 4 rings (SSSR count). The summed E-state index contributed by atoms with van der Waals surface area (Å²) in [4.78, 5) is 28.9. The highest BCUT2D eigenvalue weighted by molar-refractivity contribution is 5.80. The number of imidazole rings is 1. The average Bonchev–Trinajstić information content (AvgIpc) is 3.34. The fourth-order valence-corrected chi connectivity index (χ4v) is 4.64. The van der Waals surface area contributed by atoms with Crippen molar-refractivity contribution in [3.63, 3.8) is 0 Å². The first-order valence-corrected chi connectivity index (χ1v) is 8.94. The van der Waals surface area contributed by atoms with Gasteiger partial charge in [-0.25, -0.2) is 4.98 Å². The molecule has 2 bridgehead atoms. The van der Waals surface area contributed by atoms with E-state index in [2.05, 4.69) is 10.3 Å². The van der Waals surface area contributed by atoms with E-state index < -0.39 is 0 Å². The highest BCUT2D eigenvalue weighted by Crippen LogP contribution is 2.48. The number of carbonyl (C=O) groups is 2. The molecular weight excluding hydrogens is 318 g/mol. The quantitative estimate of drug-likeness (QED) is 0.846. The molecule has 6 nitrogen and oxygen atoms in total. The zero-order valence-corrected chi connectivity index (χ0v) is 14.4. The van der Waals surface area contributed by atoms with Gasteiger partial charge in [0.2, 0.25) is 5.91 Å². The maximum Gasteiger partial charge on any atom is 0.311 e. The molecule has 1 N–H and O–H groups in total. The second-order valence-electron chi connectivity index (χ2n) is 7.15. The Hall–Kier alpha value is -2.37. The maximum absolute atomic E-state index is 12.5. The normalized spacial score (nSPS) is 27.6. The van der Waals surface area contributed by atoms with Gasteiger partial charge in [0.1, 0.15) is 0 Å². The van der Waals surface area contributed by atoms with Gasteiger partial charge in [-0.15, -0.1) is 0 Å². The van der Waals surface area contributed by atoms with Gasteiger partial charge in [0.15, 0.2) is 0 Å². The molecule has 2 aromatic rings. The molecule has 2 fully saturated rings. The standard InChI is InChI=1S/C19H23N3O3/c1-25-19(24)17-12-6-7-13(10-12)18(17)21-16(23)8-9-22-11-20-14-4-2-3-5-15(14)22/h2-5,11-13,17-18H,6-10H2,1H3,(H,21,23)/t12-,13-,17-,18+/m0/s1. The van der Waals surface area contributed by atoms with Crippen LogP contribution in [0.5, 0.6) is 0 Å². The van der Waals surface area contributed by atoms with Gasteiger partial charge in [0.05, 0.1) is 30.4 Å². The molecule has 2 saturated carbocycles. The van der Waals surface area contributed by atoms with E-state index in [1.54, 1.807) is 6.33 Å². The predicted octanol–water partition coefficient (Wildman–Crippen LogP) is 2.13. The van der Waals surface area contributed by atoms with Crippen molar-refractivity contribution in [2.45, 2.75) is 38.3 Å². The van der Waals surface area contributed by atoms with E-state index in [9.17, 15) is 9.59 Å². The minimum absolute atomic E-state index is 0.00997. The van der Waals surface area contributed by atoms with Crippen LogP contribution >= 0.6 is 0 Å². The van der Waals surface area contributed by atoms with E-state index in [1.165, 1.54) is 7.11 Å². The first-order valence-electron chi connectivity index (χ1n) is 8.94. The molecule has 2 aliphatic rings. The number of esters is 1. The second kappa shape index (κ2) is 6.50. The topological polar surface area (TPSA) is 73.2 Å². The third-order valence-electron chi connectivity index (χ3n) is 5.82. The number of para-hydroxylation sites is 2. The summed E-state index contributed by atoms with van der Waals surface area (Å²) in [6.45, 7) is 0.579. The number of hydrogen-bond donors (Lipinski definition) is 1. The van der Waals surface area contributed by atoms with Crippen molar-refractivity contribution in [3.8, 4) is 0 Å². The Morgan fingerprint density at radius 2 is 2.08 bits per heavy atom. The van der Waals surface area contributed by atoms with Crippen molar-refractivity contribution in [2.24, 2.45) is 17.8 Å². The SMILES string of the molecule is COC(=O)[C@H]1[C@H]2CC[C@@H](C2)[C@H]1NC(=O)CCn1cnc2ccccc21. The molecule has 1 amide bonds. The summed E-state index contributed by atoms with van der Waals surface area (Å²) in [6, 6.07) is 7.81. The van der Waals surface area contributed by atoms with E-state index in [1.807, 2.05) is 28.8 Å². The number of fused-ring (bicyclic) bond motifs is 3. The van der Waals surface area contributed by atoms with Gasteiger partial charge in [0, 0.05) is 19.0 Å². The molecule has 132 valence electrons. The Balaban J connectivity index is 1.39. The molecule has 1 aromatic heterocycles. The Kier molecular flexibility index (Phi) is 4.19. The summed E-state index contributed by atoms with van der Waals surface area (Å²) in [5.74, 6) is 0.400. The molecule has 2 aliphatic carbocycles. The molecule has 1 heterocycles. The maximum atomic E-state index is 12.5. The summed E-state index contributed by atoms with van der Waals surface area (Å²) >= 11 is 0. The van der Waals surface area contributed by atoms with Crippen molar-refractivity contribution in [1.82, 2.24) is 14.9 Å². The third kappa shape index (κ3) is 2.90. The van der Waals surface area contributed by atoms with Crippen molar-refractivity contribution in [2.75, 3.05) is 7.11 Å². The lowest BCUT2D eigenvalue weighted by Crippen LogP contribution is -2.47. The van der Waals surface area contributed by atoms with Crippen molar-refractivity contribution in [1.29, 1.82) is 0 Å². The number of nitrogens with one attached hydrogen (secondary N) is 1. The third-order valence-corrected chi connectivity index (χ3v) is 5.82. The van der Waals surface area contributed by atoms with Crippen LogP contribution in [0.1, 0.15) is 25.7 Å². The Morgan fingerprint density at radius 3 is 2.92 bits per heavy atom. The Labute approximate surface area is 146 Å². The van der Waals surface area contributed by atoms with Gasteiger partial charge in [0.25, 0.3) is 0 Å². The number of hydrogen-bond acceptors (Lipinski definition) is 4. The molecule has 0 saturated heterocycles. The number of aryl methyl sites for hydroxylation is 1. The summed E-state index contributed by atoms with van der Waals surface area (Å²) < 4.78 is 6.96. The largest absolute Gasteiger partial charge is 0.469 e. The average molecular weight is 341 g/mol. The van der Waals surface area contributed by atoms with Gasteiger partial charge in [-0.1, -0.05) is 12.1 Å². The molecule has 0 unspecified atom stereocenters. The van der Waals surface area contributed by atoms with Crippen LogP contribution < -0.4 is 5.32 Å². The number of nitrogens with zero attached hydrogens (tertiary/aromatic N) is 2. The van der Waals surface area contributed by atoms with Crippen LogP contribution in [0, 0.1) is 17.8 Å². The Morgan fingerprint density at radius 1 is 1.28 bits per heavy atom. The molecule has 0 aliphatic heterocycles. The summed E-state index contributed by atoms with van der Waals surface area (Å²) in [5, 5.41) is 3.11. The van der Waals surface area contributed by atoms with Crippen LogP contribution in [0.15, 0.2) is 30.6 Å². The number of aromatic nitrogens is 2. The minimum Gasteiger partial charge on any atom is -0.469 e. The van der Waals surface area contributed by atoms with Crippen LogP contribution in [0.25, 0.3) is 11.0 Å². The smallest absolute Gasteiger partial charge is 0.311 e. The second-order valence-corrected chi connectivity index (χ2v) is 7.15. The number of rotatable bonds is 5. The number of benzene rings is 1.